The Morgan fingerprint density at radius 3 is 2.52 bits per heavy atom. The molecule has 1 N–H and O–H groups in total. The van der Waals surface area contributed by atoms with Gasteiger partial charge in [-0.1, -0.05) is 24.3 Å². The second kappa shape index (κ2) is 10.4. The number of nitrogens with zero attached hydrogens (tertiary/aromatic N) is 1. The molecule has 0 spiro atoms. The van der Waals surface area contributed by atoms with Crippen LogP contribution >= 0.6 is 0 Å². The number of aromatic amines is 1. The van der Waals surface area contributed by atoms with Gasteiger partial charge in [-0.3, -0.25) is 19.1 Å². The number of esters is 1. The molecule has 0 amide bonds. The number of rotatable bonds is 9. The van der Waals surface area contributed by atoms with Crippen molar-refractivity contribution < 1.29 is 19.0 Å². The van der Waals surface area contributed by atoms with Gasteiger partial charge in [0.15, 0.2) is 0 Å². The summed E-state index contributed by atoms with van der Waals surface area (Å²) in [5.41, 5.74) is 1.34. The fraction of sp³-hybridized carbons (Fsp3) is 0.261. The van der Waals surface area contributed by atoms with Gasteiger partial charge < -0.3 is 14.2 Å². The second-order valence-electron chi connectivity index (χ2n) is 7.00. The third-order valence-electron chi connectivity index (χ3n) is 4.37. The average Bonchev–Trinajstić information content (AvgIpc) is 2.71. The lowest BCUT2D eigenvalue weighted by atomic mass is 10.1. The van der Waals surface area contributed by atoms with Crippen LogP contribution in [0.4, 0.5) is 0 Å². The molecule has 0 atom stereocenters. The number of H-pyrrole nitrogens is 1. The summed E-state index contributed by atoms with van der Waals surface area (Å²) >= 11 is 0. The van der Waals surface area contributed by atoms with Crippen LogP contribution in [-0.2, 0) is 27.4 Å². The first-order valence-corrected chi connectivity index (χ1v) is 9.78. The molecule has 0 saturated carbocycles. The SMILES string of the molecule is CC(=O)OCCOCn1cc(Cc2cccc(Oc3cccc(C)c3)c2)c(=O)[nH]c1=O. The zero-order valence-electron chi connectivity index (χ0n) is 17.4. The Labute approximate surface area is 179 Å². The summed E-state index contributed by atoms with van der Waals surface area (Å²) in [6.07, 6.45) is 1.79. The van der Waals surface area contributed by atoms with Crippen molar-refractivity contribution in [2.45, 2.75) is 27.0 Å². The summed E-state index contributed by atoms with van der Waals surface area (Å²) in [6.45, 7) is 3.46. The molecule has 0 aliphatic heterocycles. The molecule has 0 aliphatic carbocycles. The quantitative estimate of drug-likeness (QED) is 0.419. The van der Waals surface area contributed by atoms with E-state index in [9.17, 15) is 14.4 Å². The number of nitrogens with one attached hydrogen (secondary N) is 1. The summed E-state index contributed by atoms with van der Waals surface area (Å²) in [6, 6.07) is 15.2. The van der Waals surface area contributed by atoms with Crippen LogP contribution in [0, 0.1) is 6.92 Å². The Morgan fingerprint density at radius 2 is 1.77 bits per heavy atom. The molecule has 1 aromatic heterocycles. The van der Waals surface area contributed by atoms with Crippen LogP contribution in [0.2, 0.25) is 0 Å². The van der Waals surface area contributed by atoms with E-state index in [1.165, 1.54) is 17.7 Å². The monoisotopic (exact) mass is 424 g/mol. The number of benzene rings is 2. The van der Waals surface area contributed by atoms with Crippen molar-refractivity contribution in [1.29, 1.82) is 0 Å². The van der Waals surface area contributed by atoms with Crippen LogP contribution in [0.1, 0.15) is 23.6 Å². The summed E-state index contributed by atoms with van der Waals surface area (Å²) < 4.78 is 17.3. The number of hydrogen-bond donors (Lipinski definition) is 1. The maximum atomic E-state index is 12.3. The van der Waals surface area contributed by atoms with Crippen molar-refractivity contribution in [2.75, 3.05) is 13.2 Å². The van der Waals surface area contributed by atoms with Crippen LogP contribution in [0.3, 0.4) is 0 Å². The van der Waals surface area contributed by atoms with Crippen LogP contribution in [0.5, 0.6) is 11.5 Å². The Hall–Kier alpha value is -3.65. The minimum Gasteiger partial charge on any atom is -0.463 e. The van der Waals surface area contributed by atoms with E-state index in [4.69, 9.17) is 14.2 Å². The molecule has 0 saturated heterocycles. The minimum atomic E-state index is -0.572. The van der Waals surface area contributed by atoms with Gasteiger partial charge in [0, 0.05) is 25.1 Å². The van der Waals surface area contributed by atoms with Gasteiger partial charge in [-0.15, -0.1) is 0 Å². The standard InChI is InChI=1S/C23H24N2O6/c1-16-5-3-7-20(11-16)31-21-8-4-6-18(13-21)12-19-14-25(23(28)24-22(19)27)15-29-9-10-30-17(2)26/h3-8,11,13-14H,9-10,12,15H2,1-2H3,(H,24,27,28). The van der Waals surface area contributed by atoms with E-state index in [-0.39, 0.29) is 19.9 Å². The molecule has 2 aromatic carbocycles. The molecule has 162 valence electrons. The van der Waals surface area contributed by atoms with E-state index in [1.807, 2.05) is 55.5 Å². The lowest BCUT2D eigenvalue weighted by Gasteiger charge is -2.10. The van der Waals surface area contributed by atoms with Gasteiger partial charge in [-0.25, -0.2) is 4.79 Å². The van der Waals surface area contributed by atoms with Crippen LogP contribution in [-0.4, -0.2) is 28.7 Å². The number of ether oxygens (including phenoxy) is 3. The molecule has 31 heavy (non-hydrogen) atoms. The van der Waals surface area contributed by atoms with Gasteiger partial charge in [0.2, 0.25) is 0 Å². The Balaban J connectivity index is 1.69. The first-order chi connectivity index (χ1) is 14.9. The zero-order chi connectivity index (χ0) is 22.2. The maximum Gasteiger partial charge on any atom is 0.330 e. The fourth-order valence-electron chi connectivity index (χ4n) is 2.94. The van der Waals surface area contributed by atoms with Crippen molar-refractivity contribution in [3.05, 3.63) is 92.3 Å². The van der Waals surface area contributed by atoms with Crippen molar-refractivity contribution in [2.24, 2.45) is 0 Å². The zero-order valence-corrected chi connectivity index (χ0v) is 17.4. The number of carbonyl (C=O) groups excluding carboxylic acids is 1. The van der Waals surface area contributed by atoms with Crippen molar-refractivity contribution in [3.63, 3.8) is 0 Å². The normalized spacial score (nSPS) is 10.6. The highest BCUT2D eigenvalue weighted by molar-refractivity contribution is 5.65. The van der Waals surface area contributed by atoms with Gasteiger partial charge in [-0.2, -0.15) is 0 Å². The molecule has 0 bridgehead atoms. The fourth-order valence-corrected chi connectivity index (χ4v) is 2.94. The van der Waals surface area contributed by atoms with Gasteiger partial charge >= 0.3 is 11.7 Å². The molecule has 0 radical (unpaired) electrons. The summed E-state index contributed by atoms with van der Waals surface area (Å²) in [5, 5.41) is 0. The third kappa shape index (κ3) is 6.68. The highest BCUT2D eigenvalue weighted by atomic mass is 16.6. The molecular formula is C23H24N2O6. The Morgan fingerprint density at radius 1 is 1.03 bits per heavy atom. The van der Waals surface area contributed by atoms with Crippen LogP contribution in [0.25, 0.3) is 0 Å². The molecule has 3 aromatic rings. The van der Waals surface area contributed by atoms with Crippen molar-refractivity contribution >= 4 is 5.97 Å². The highest BCUT2D eigenvalue weighted by Gasteiger charge is 2.08. The Bertz CT molecular complexity index is 1160. The molecule has 0 fully saturated rings. The van der Waals surface area contributed by atoms with Gasteiger partial charge in [-0.05, 0) is 42.3 Å². The first kappa shape index (κ1) is 22.0. The van der Waals surface area contributed by atoms with Crippen LogP contribution < -0.4 is 16.0 Å². The molecule has 8 nitrogen and oxygen atoms in total. The number of carbonyl (C=O) groups is 1. The largest absolute Gasteiger partial charge is 0.463 e. The molecule has 1 heterocycles. The van der Waals surface area contributed by atoms with Gasteiger partial charge in [0.25, 0.3) is 5.56 Å². The number of aryl methyl sites for hydroxylation is 1. The average molecular weight is 424 g/mol. The number of aromatic nitrogens is 2. The van der Waals surface area contributed by atoms with E-state index >= 15 is 0 Å². The summed E-state index contributed by atoms with van der Waals surface area (Å²) in [7, 11) is 0. The topological polar surface area (TPSA) is 99.6 Å². The lowest BCUT2D eigenvalue weighted by Crippen LogP contribution is -2.32. The van der Waals surface area contributed by atoms with Crippen LogP contribution in [0.15, 0.2) is 64.3 Å². The molecular weight excluding hydrogens is 400 g/mol. The third-order valence-corrected chi connectivity index (χ3v) is 4.37. The summed E-state index contributed by atoms with van der Waals surface area (Å²) in [4.78, 5) is 37.3. The highest BCUT2D eigenvalue weighted by Crippen LogP contribution is 2.23. The molecule has 3 rings (SSSR count). The van der Waals surface area contributed by atoms with Gasteiger partial charge in [0.1, 0.15) is 24.8 Å². The smallest absolute Gasteiger partial charge is 0.330 e. The van der Waals surface area contributed by atoms with Crippen molar-refractivity contribution in [1.82, 2.24) is 9.55 Å². The maximum absolute atomic E-state index is 12.3. The first-order valence-electron chi connectivity index (χ1n) is 9.78. The van der Waals surface area contributed by atoms with E-state index < -0.39 is 17.2 Å². The van der Waals surface area contributed by atoms with E-state index in [0.717, 1.165) is 16.9 Å². The van der Waals surface area contributed by atoms with E-state index in [1.54, 1.807) is 0 Å². The lowest BCUT2D eigenvalue weighted by molar-refractivity contribution is -0.142. The van der Waals surface area contributed by atoms with Crippen molar-refractivity contribution in [3.8, 4) is 11.5 Å². The predicted molar refractivity (Wildman–Crippen MR) is 114 cm³/mol. The minimum absolute atomic E-state index is 0.0691. The number of hydrogen-bond acceptors (Lipinski definition) is 6. The molecule has 8 heteroatoms. The predicted octanol–water partition coefficient (Wildman–Crippen LogP) is 2.77. The second-order valence-corrected chi connectivity index (χ2v) is 7.00. The molecule has 0 unspecified atom stereocenters. The van der Waals surface area contributed by atoms with E-state index in [2.05, 4.69) is 4.98 Å². The van der Waals surface area contributed by atoms with E-state index in [0.29, 0.717) is 17.7 Å². The van der Waals surface area contributed by atoms with Gasteiger partial charge in [0.05, 0.1) is 6.61 Å². The molecule has 0 aliphatic rings. The summed E-state index contributed by atoms with van der Waals surface area (Å²) in [5.74, 6) is 0.983. The Kier molecular flexibility index (Phi) is 7.40.